The number of rotatable bonds is 4. The van der Waals surface area contributed by atoms with E-state index in [9.17, 15) is 4.79 Å². The topological polar surface area (TPSA) is 54.9 Å². The van der Waals surface area contributed by atoms with E-state index in [0.29, 0.717) is 17.9 Å². The van der Waals surface area contributed by atoms with Crippen molar-refractivity contribution in [2.75, 3.05) is 5.32 Å². The van der Waals surface area contributed by atoms with Crippen molar-refractivity contribution in [3.8, 4) is 11.3 Å². The molecule has 24 heavy (non-hydrogen) atoms. The van der Waals surface area contributed by atoms with Gasteiger partial charge >= 0.3 is 0 Å². The SMILES string of the molecule is Cc1nc(-c2ccccc2)cnc1NC(=O)Cc1ccc(I)cc1. The zero-order chi connectivity index (χ0) is 16.9. The minimum Gasteiger partial charge on any atom is -0.309 e. The molecule has 0 atom stereocenters. The minimum atomic E-state index is -0.0962. The largest absolute Gasteiger partial charge is 0.309 e. The number of nitrogens with one attached hydrogen (secondary N) is 1. The molecule has 0 unspecified atom stereocenters. The van der Waals surface area contributed by atoms with Gasteiger partial charge in [0, 0.05) is 9.13 Å². The maximum atomic E-state index is 12.2. The number of aromatic nitrogens is 2. The highest BCUT2D eigenvalue weighted by Gasteiger charge is 2.09. The molecular weight excluding hydrogens is 413 g/mol. The summed E-state index contributed by atoms with van der Waals surface area (Å²) >= 11 is 2.24. The number of benzene rings is 2. The Morgan fingerprint density at radius 1 is 1.08 bits per heavy atom. The van der Waals surface area contributed by atoms with Gasteiger partial charge in [0.1, 0.15) is 0 Å². The van der Waals surface area contributed by atoms with Crippen molar-refractivity contribution in [2.24, 2.45) is 0 Å². The molecule has 0 saturated heterocycles. The average Bonchev–Trinajstić information content (AvgIpc) is 2.59. The number of nitrogens with zero attached hydrogens (tertiary/aromatic N) is 2. The predicted molar refractivity (Wildman–Crippen MR) is 104 cm³/mol. The molecule has 0 aliphatic heterocycles. The number of carbonyl (C=O) groups is 1. The third-order valence-electron chi connectivity index (χ3n) is 3.55. The lowest BCUT2D eigenvalue weighted by atomic mass is 10.1. The molecule has 4 nitrogen and oxygen atoms in total. The Hall–Kier alpha value is -2.28. The quantitative estimate of drug-likeness (QED) is 0.632. The van der Waals surface area contributed by atoms with Gasteiger partial charge in [-0.25, -0.2) is 9.97 Å². The summed E-state index contributed by atoms with van der Waals surface area (Å²) in [5.41, 5.74) is 3.47. The molecule has 0 radical (unpaired) electrons. The fourth-order valence-electron chi connectivity index (χ4n) is 2.32. The van der Waals surface area contributed by atoms with E-state index in [4.69, 9.17) is 0 Å². The summed E-state index contributed by atoms with van der Waals surface area (Å²) in [6.45, 7) is 1.85. The van der Waals surface area contributed by atoms with Gasteiger partial charge in [-0.2, -0.15) is 0 Å². The molecule has 3 rings (SSSR count). The van der Waals surface area contributed by atoms with Crippen LogP contribution in [0.5, 0.6) is 0 Å². The first-order chi connectivity index (χ1) is 11.6. The summed E-state index contributed by atoms with van der Waals surface area (Å²) in [4.78, 5) is 21.1. The monoisotopic (exact) mass is 429 g/mol. The van der Waals surface area contributed by atoms with Gasteiger partial charge in [-0.3, -0.25) is 4.79 Å². The Morgan fingerprint density at radius 3 is 2.46 bits per heavy atom. The van der Waals surface area contributed by atoms with E-state index in [-0.39, 0.29) is 5.91 Å². The molecule has 2 aromatic carbocycles. The number of anilines is 1. The highest BCUT2D eigenvalue weighted by molar-refractivity contribution is 14.1. The van der Waals surface area contributed by atoms with Gasteiger partial charge in [0.05, 0.1) is 24.0 Å². The zero-order valence-corrected chi connectivity index (χ0v) is 15.3. The van der Waals surface area contributed by atoms with Crippen molar-refractivity contribution >= 4 is 34.3 Å². The van der Waals surface area contributed by atoms with Crippen LogP contribution in [0.4, 0.5) is 5.82 Å². The van der Waals surface area contributed by atoms with Crippen molar-refractivity contribution in [3.63, 3.8) is 0 Å². The molecule has 0 bridgehead atoms. The summed E-state index contributed by atoms with van der Waals surface area (Å²) in [6.07, 6.45) is 2.00. The Kier molecular flexibility index (Phi) is 5.20. The second-order valence-electron chi connectivity index (χ2n) is 5.41. The normalized spacial score (nSPS) is 10.4. The summed E-state index contributed by atoms with van der Waals surface area (Å²) < 4.78 is 1.15. The van der Waals surface area contributed by atoms with Crippen molar-refractivity contribution in [1.29, 1.82) is 0 Å². The Morgan fingerprint density at radius 2 is 1.79 bits per heavy atom. The van der Waals surface area contributed by atoms with Crippen LogP contribution in [0.25, 0.3) is 11.3 Å². The lowest BCUT2D eigenvalue weighted by Crippen LogP contribution is -2.16. The van der Waals surface area contributed by atoms with Gasteiger partial charge in [-0.1, -0.05) is 42.5 Å². The third kappa shape index (κ3) is 4.17. The molecule has 0 fully saturated rings. The van der Waals surface area contributed by atoms with Gasteiger partial charge in [-0.05, 0) is 47.2 Å². The van der Waals surface area contributed by atoms with Crippen LogP contribution in [0.3, 0.4) is 0 Å². The van der Waals surface area contributed by atoms with Gasteiger partial charge in [0.2, 0.25) is 5.91 Å². The van der Waals surface area contributed by atoms with E-state index in [2.05, 4.69) is 37.9 Å². The molecule has 0 aliphatic carbocycles. The maximum Gasteiger partial charge on any atom is 0.229 e. The predicted octanol–water partition coefficient (Wildman–Crippen LogP) is 4.24. The summed E-state index contributed by atoms with van der Waals surface area (Å²) in [7, 11) is 0. The lowest BCUT2D eigenvalue weighted by molar-refractivity contribution is -0.115. The Bertz CT molecular complexity index is 848. The van der Waals surface area contributed by atoms with Crippen LogP contribution >= 0.6 is 22.6 Å². The van der Waals surface area contributed by atoms with Crippen LogP contribution < -0.4 is 5.32 Å². The van der Waals surface area contributed by atoms with E-state index in [0.717, 1.165) is 20.4 Å². The molecule has 1 amide bonds. The number of hydrogen-bond donors (Lipinski definition) is 1. The van der Waals surface area contributed by atoms with E-state index < -0.39 is 0 Å². The number of hydrogen-bond acceptors (Lipinski definition) is 3. The van der Waals surface area contributed by atoms with E-state index in [1.165, 1.54) is 0 Å². The first-order valence-electron chi connectivity index (χ1n) is 7.55. The number of aryl methyl sites for hydroxylation is 1. The van der Waals surface area contributed by atoms with E-state index >= 15 is 0 Å². The van der Waals surface area contributed by atoms with Crippen molar-refractivity contribution in [1.82, 2.24) is 9.97 Å². The molecule has 3 aromatic rings. The average molecular weight is 429 g/mol. The van der Waals surface area contributed by atoms with Crippen LogP contribution in [0, 0.1) is 10.5 Å². The van der Waals surface area contributed by atoms with Crippen molar-refractivity contribution in [3.05, 3.63) is 75.6 Å². The highest BCUT2D eigenvalue weighted by atomic mass is 127. The third-order valence-corrected chi connectivity index (χ3v) is 4.27. The summed E-state index contributed by atoms with van der Waals surface area (Å²) in [5, 5.41) is 2.84. The standard InChI is InChI=1S/C19H16IN3O/c1-13-19(21-12-17(22-13)15-5-3-2-4-6-15)23-18(24)11-14-7-9-16(20)10-8-14/h2-10,12H,11H2,1H3,(H,21,23,24). The second kappa shape index (κ2) is 7.53. The zero-order valence-electron chi connectivity index (χ0n) is 13.2. The fraction of sp³-hybridized carbons (Fsp3) is 0.105. The molecule has 1 N–H and O–H groups in total. The second-order valence-corrected chi connectivity index (χ2v) is 6.65. The fourth-order valence-corrected chi connectivity index (χ4v) is 2.68. The molecule has 0 spiro atoms. The van der Waals surface area contributed by atoms with Crippen LogP contribution in [-0.4, -0.2) is 15.9 Å². The number of carbonyl (C=O) groups excluding carboxylic acids is 1. The minimum absolute atomic E-state index is 0.0962. The molecule has 1 heterocycles. The summed E-state index contributed by atoms with van der Waals surface area (Å²) in [5.74, 6) is 0.409. The van der Waals surface area contributed by atoms with Crippen LogP contribution in [0.15, 0.2) is 60.8 Å². The van der Waals surface area contributed by atoms with Crippen LogP contribution in [0.1, 0.15) is 11.3 Å². The summed E-state index contributed by atoms with van der Waals surface area (Å²) in [6, 6.07) is 17.7. The Balaban J connectivity index is 1.71. The molecule has 0 aliphatic rings. The number of amides is 1. The van der Waals surface area contributed by atoms with Crippen LogP contribution in [-0.2, 0) is 11.2 Å². The van der Waals surface area contributed by atoms with E-state index in [1.54, 1.807) is 6.20 Å². The van der Waals surface area contributed by atoms with Crippen molar-refractivity contribution < 1.29 is 4.79 Å². The van der Waals surface area contributed by atoms with Gasteiger partial charge < -0.3 is 5.32 Å². The van der Waals surface area contributed by atoms with Gasteiger partial charge in [-0.15, -0.1) is 0 Å². The number of halogens is 1. The van der Waals surface area contributed by atoms with Crippen LogP contribution in [0.2, 0.25) is 0 Å². The van der Waals surface area contributed by atoms with Gasteiger partial charge in [0.25, 0.3) is 0 Å². The maximum absolute atomic E-state index is 12.2. The first-order valence-corrected chi connectivity index (χ1v) is 8.63. The Labute approximate surface area is 154 Å². The molecule has 0 saturated carbocycles. The molecule has 120 valence electrons. The van der Waals surface area contributed by atoms with Gasteiger partial charge in [0.15, 0.2) is 5.82 Å². The lowest BCUT2D eigenvalue weighted by Gasteiger charge is -2.09. The van der Waals surface area contributed by atoms with Crippen molar-refractivity contribution in [2.45, 2.75) is 13.3 Å². The molecular formula is C19H16IN3O. The smallest absolute Gasteiger partial charge is 0.229 e. The molecule has 1 aromatic heterocycles. The molecule has 5 heteroatoms. The first kappa shape index (κ1) is 16.6. The highest BCUT2D eigenvalue weighted by Crippen LogP contribution is 2.19. The van der Waals surface area contributed by atoms with E-state index in [1.807, 2.05) is 61.5 Å².